The molecule has 2 saturated heterocycles. The van der Waals surface area contributed by atoms with Crippen molar-refractivity contribution in [2.45, 2.75) is 25.8 Å². The van der Waals surface area contributed by atoms with Gasteiger partial charge in [-0.25, -0.2) is 19.6 Å². The predicted molar refractivity (Wildman–Crippen MR) is 153 cm³/mol. The fourth-order valence-electron chi connectivity index (χ4n) is 4.34. The number of unbranched alkanes of at least 4 members (excludes halogenated alkanes) is 1. The van der Waals surface area contributed by atoms with E-state index in [1.54, 1.807) is 12.1 Å². The fourth-order valence-corrected chi connectivity index (χ4v) is 5.56. The Hall–Kier alpha value is -3.42. The Bertz CT molecular complexity index is 1270. The molecule has 42 heavy (non-hydrogen) atoms. The van der Waals surface area contributed by atoms with Crippen LogP contribution in [0.1, 0.15) is 30.3 Å². The van der Waals surface area contributed by atoms with Gasteiger partial charge in [0.15, 0.2) is 5.82 Å². The van der Waals surface area contributed by atoms with E-state index < -0.39 is 37.8 Å². The number of nitrogens with one attached hydrogen (secondary N) is 2. The van der Waals surface area contributed by atoms with Crippen LogP contribution < -0.4 is 15.5 Å². The molecule has 2 aliphatic rings. The van der Waals surface area contributed by atoms with Crippen molar-refractivity contribution >= 4 is 31.4 Å². The first-order chi connectivity index (χ1) is 20.3. The smallest absolute Gasteiger partial charge is 0.378 e. The van der Waals surface area contributed by atoms with Gasteiger partial charge in [0.2, 0.25) is 0 Å². The van der Waals surface area contributed by atoms with Crippen LogP contribution in [0.3, 0.4) is 0 Å². The van der Waals surface area contributed by atoms with Gasteiger partial charge in [-0.05, 0) is 6.42 Å². The van der Waals surface area contributed by atoms with Crippen LogP contribution in [0.25, 0.3) is 11.4 Å². The number of esters is 1. The Balaban J connectivity index is 1.59. The maximum absolute atomic E-state index is 13.5. The summed E-state index contributed by atoms with van der Waals surface area (Å²) in [6.07, 6.45) is -0.433. The molecule has 0 saturated carbocycles. The Morgan fingerprint density at radius 3 is 2.52 bits per heavy atom. The number of benzene rings is 1. The molecule has 2 fully saturated rings. The second kappa shape index (κ2) is 15.2. The number of morpholine rings is 1. The topological polar surface area (TPSA) is 173 Å². The van der Waals surface area contributed by atoms with Gasteiger partial charge in [0.1, 0.15) is 17.6 Å². The van der Waals surface area contributed by atoms with E-state index in [4.69, 9.17) is 14.0 Å². The minimum absolute atomic E-state index is 0.00500. The third kappa shape index (κ3) is 9.04. The second-order valence-corrected chi connectivity index (χ2v) is 11.8. The zero-order valence-corrected chi connectivity index (χ0v) is 24.5. The minimum Gasteiger partial charge on any atom is -0.378 e. The van der Waals surface area contributed by atoms with Gasteiger partial charge >= 0.3 is 19.7 Å². The van der Waals surface area contributed by atoms with Crippen LogP contribution in [0.15, 0.2) is 36.4 Å². The van der Waals surface area contributed by atoms with Crippen LogP contribution in [0.4, 0.5) is 10.6 Å². The molecule has 3 heterocycles. The minimum atomic E-state index is -4.35. The van der Waals surface area contributed by atoms with Crippen molar-refractivity contribution in [1.29, 1.82) is 0 Å². The fraction of sp³-hybridized carbons (Fsp3) is 0.519. The summed E-state index contributed by atoms with van der Waals surface area (Å²) in [4.78, 5) is 62.1. The van der Waals surface area contributed by atoms with Crippen molar-refractivity contribution in [2.24, 2.45) is 0 Å². The van der Waals surface area contributed by atoms with Gasteiger partial charge in [-0.15, -0.1) is 0 Å². The summed E-state index contributed by atoms with van der Waals surface area (Å²) in [5.74, 6) is -1.21. The van der Waals surface area contributed by atoms with Crippen LogP contribution in [0.5, 0.6) is 0 Å². The van der Waals surface area contributed by atoms with Gasteiger partial charge < -0.3 is 39.3 Å². The zero-order chi connectivity index (χ0) is 30.0. The number of hydrogen-bond acceptors (Lipinski definition) is 11. The second-order valence-electron chi connectivity index (χ2n) is 9.86. The number of aromatic nitrogens is 2. The molecule has 2 amide bonds. The maximum atomic E-state index is 13.5. The van der Waals surface area contributed by atoms with Gasteiger partial charge in [0, 0.05) is 50.9 Å². The van der Waals surface area contributed by atoms with Crippen LogP contribution >= 0.6 is 7.60 Å². The lowest BCUT2D eigenvalue weighted by atomic mass is 10.2. The van der Waals surface area contributed by atoms with Gasteiger partial charge in [0.05, 0.1) is 26.0 Å². The largest absolute Gasteiger partial charge is 0.417 e. The molecule has 2 atom stereocenters. The molecule has 14 nitrogen and oxygen atoms in total. The molecule has 0 spiro atoms. The monoisotopic (exact) mass is 604 g/mol. The average Bonchev–Trinajstić information content (AvgIpc) is 3.01. The highest BCUT2D eigenvalue weighted by Crippen LogP contribution is 2.42. The molecular formula is C27H37N6O8P. The molecule has 3 N–H and O–H groups in total. The number of hydrogen-bond donors (Lipinski definition) is 3. The summed E-state index contributed by atoms with van der Waals surface area (Å²) in [5, 5.41) is 5.54. The predicted octanol–water partition coefficient (Wildman–Crippen LogP) is 1.65. The summed E-state index contributed by atoms with van der Waals surface area (Å²) in [5.41, 5.74) is 0.597. The zero-order valence-electron chi connectivity index (χ0n) is 23.6. The molecule has 0 radical (unpaired) electrons. The number of carbonyl (C=O) groups is 3. The lowest BCUT2D eigenvalue weighted by Gasteiger charge is -2.28. The van der Waals surface area contributed by atoms with E-state index in [0.717, 1.165) is 6.42 Å². The lowest BCUT2D eigenvalue weighted by molar-refractivity contribution is -0.140. The Morgan fingerprint density at radius 1 is 1.12 bits per heavy atom. The SMILES string of the molecule is CCCCOP(=O)(O)CC(NC(=O)c1cc(N2CCOCC2)nc(-c2ccccc2)n1)C(=O)OC(=O)N1CCNCC1. The molecule has 2 aliphatic heterocycles. The highest BCUT2D eigenvalue weighted by Gasteiger charge is 2.35. The van der Waals surface area contributed by atoms with Crippen molar-refractivity contribution in [2.75, 3.05) is 70.2 Å². The summed E-state index contributed by atoms with van der Waals surface area (Å²) in [7, 11) is -4.35. The Labute approximate surface area is 244 Å². The maximum Gasteiger partial charge on any atom is 0.417 e. The van der Waals surface area contributed by atoms with Crippen molar-refractivity contribution in [3.8, 4) is 11.4 Å². The molecule has 228 valence electrons. The number of piperazine rings is 1. The molecule has 0 aliphatic carbocycles. The lowest BCUT2D eigenvalue weighted by Crippen LogP contribution is -2.50. The first-order valence-electron chi connectivity index (χ1n) is 14.0. The van der Waals surface area contributed by atoms with E-state index in [1.165, 1.54) is 11.0 Å². The molecular weight excluding hydrogens is 567 g/mol. The van der Waals surface area contributed by atoms with Gasteiger partial charge in [-0.1, -0.05) is 43.7 Å². The van der Waals surface area contributed by atoms with E-state index in [0.29, 0.717) is 70.3 Å². The molecule has 0 bridgehead atoms. The van der Waals surface area contributed by atoms with Crippen LogP contribution in [0.2, 0.25) is 0 Å². The molecule has 1 aromatic carbocycles. The van der Waals surface area contributed by atoms with Crippen LogP contribution in [-0.4, -0.2) is 109 Å². The van der Waals surface area contributed by atoms with Gasteiger partial charge in [0.25, 0.3) is 5.91 Å². The van der Waals surface area contributed by atoms with Crippen molar-refractivity contribution in [3.63, 3.8) is 0 Å². The number of nitrogens with zero attached hydrogens (tertiary/aromatic N) is 4. The van der Waals surface area contributed by atoms with E-state index in [1.807, 2.05) is 30.0 Å². The number of rotatable bonds is 11. The van der Waals surface area contributed by atoms with Crippen molar-refractivity contribution in [3.05, 3.63) is 42.1 Å². The van der Waals surface area contributed by atoms with E-state index in [-0.39, 0.29) is 18.1 Å². The average molecular weight is 605 g/mol. The highest BCUT2D eigenvalue weighted by atomic mass is 31.2. The molecule has 15 heteroatoms. The number of amides is 2. The first kappa shape index (κ1) is 31.5. The summed E-state index contributed by atoms with van der Waals surface area (Å²) in [6, 6.07) is 8.91. The standard InChI is InChI=1S/C27H37N6O8P/c1-2-3-15-40-42(37,38)19-22(26(35)41-27(36)33-11-9-28-10-12-33)30-25(34)21-18-23(32-13-16-39-17-14-32)31-24(29-21)20-7-5-4-6-8-20/h4-8,18,22,28H,2-3,9-17,19H2,1H3,(H,30,34)(H,37,38). The third-order valence-electron chi connectivity index (χ3n) is 6.67. The van der Waals surface area contributed by atoms with E-state index in [2.05, 4.69) is 20.6 Å². The first-order valence-corrected chi connectivity index (χ1v) is 15.8. The third-order valence-corrected chi connectivity index (χ3v) is 8.08. The summed E-state index contributed by atoms with van der Waals surface area (Å²) in [6.45, 7) is 5.70. The molecule has 2 aromatic rings. The van der Waals surface area contributed by atoms with E-state index in [9.17, 15) is 23.8 Å². The summed E-state index contributed by atoms with van der Waals surface area (Å²) < 4.78 is 28.4. The normalized spacial score (nSPS) is 17.7. The quantitative estimate of drug-likeness (QED) is 0.147. The van der Waals surface area contributed by atoms with Gasteiger partial charge in [-0.2, -0.15) is 0 Å². The summed E-state index contributed by atoms with van der Waals surface area (Å²) >= 11 is 0. The Kier molecular flexibility index (Phi) is 11.4. The molecule has 4 rings (SSSR count). The Morgan fingerprint density at radius 2 is 1.83 bits per heavy atom. The molecule has 2 unspecified atom stereocenters. The van der Waals surface area contributed by atoms with Crippen molar-refractivity contribution < 1.29 is 37.8 Å². The number of anilines is 1. The molecule has 1 aromatic heterocycles. The van der Waals surface area contributed by atoms with E-state index >= 15 is 0 Å². The van der Waals surface area contributed by atoms with Crippen molar-refractivity contribution in [1.82, 2.24) is 25.5 Å². The van der Waals surface area contributed by atoms with Crippen LogP contribution in [-0.2, 0) is 23.4 Å². The highest BCUT2D eigenvalue weighted by molar-refractivity contribution is 7.52. The number of carbonyl (C=O) groups excluding carboxylic acids is 3. The van der Waals surface area contributed by atoms with Gasteiger partial charge in [-0.3, -0.25) is 9.36 Å². The van der Waals surface area contributed by atoms with Crippen LogP contribution in [0, 0.1) is 0 Å². The number of ether oxygens (including phenoxy) is 2.